The van der Waals surface area contributed by atoms with Gasteiger partial charge in [0.2, 0.25) is 0 Å². The first kappa shape index (κ1) is 26.4. The highest BCUT2D eigenvalue weighted by Crippen LogP contribution is 2.38. The Morgan fingerprint density at radius 1 is 1.13 bits per heavy atom. The first-order valence-electron chi connectivity index (χ1n) is 12.8. The third-order valence-electron chi connectivity index (χ3n) is 7.19. The number of hydrogen-bond acceptors (Lipinski definition) is 6. The Morgan fingerprint density at radius 3 is 2.63 bits per heavy atom. The Kier molecular flexibility index (Phi) is 7.83. The molecule has 2 aliphatic rings. The molecule has 200 valence electrons. The molecule has 1 N–H and O–H groups in total. The lowest BCUT2D eigenvalue weighted by molar-refractivity contribution is -0.137. The Labute approximate surface area is 226 Å². The van der Waals surface area contributed by atoms with Crippen LogP contribution in [0.15, 0.2) is 54.6 Å². The van der Waals surface area contributed by atoms with Crippen molar-refractivity contribution in [2.45, 2.75) is 45.3 Å². The molecule has 0 saturated carbocycles. The van der Waals surface area contributed by atoms with Crippen LogP contribution in [0.3, 0.4) is 0 Å². The van der Waals surface area contributed by atoms with Crippen molar-refractivity contribution in [2.75, 3.05) is 26.0 Å². The molecule has 8 heteroatoms. The number of ether oxygens (including phenoxy) is 3. The van der Waals surface area contributed by atoms with Crippen molar-refractivity contribution < 1.29 is 28.7 Å². The summed E-state index contributed by atoms with van der Waals surface area (Å²) in [5, 5.41) is 9.10. The molecule has 7 nitrogen and oxygen atoms in total. The highest BCUT2D eigenvalue weighted by molar-refractivity contribution is 7.88. The number of nitrogens with zero attached hydrogens (tertiary/aromatic N) is 1. The van der Waals surface area contributed by atoms with E-state index >= 15 is 0 Å². The van der Waals surface area contributed by atoms with E-state index in [-0.39, 0.29) is 18.4 Å². The average Bonchev–Trinajstić information content (AvgIpc) is 3.49. The topological polar surface area (TPSA) is 91.3 Å². The fourth-order valence-electron chi connectivity index (χ4n) is 5.38. The summed E-state index contributed by atoms with van der Waals surface area (Å²) in [4.78, 5) is 11.1. The van der Waals surface area contributed by atoms with Gasteiger partial charge in [-0.1, -0.05) is 24.3 Å². The Bertz CT molecular complexity index is 1300. The zero-order chi connectivity index (χ0) is 26.8. The molecule has 3 aromatic rings. The van der Waals surface area contributed by atoms with E-state index < -0.39 is 17.3 Å². The molecule has 3 atom stereocenters. The predicted molar refractivity (Wildman–Crippen MR) is 147 cm³/mol. The molecule has 2 aliphatic heterocycles. The second-order valence-electron chi connectivity index (χ2n) is 10.1. The van der Waals surface area contributed by atoms with Gasteiger partial charge >= 0.3 is 5.97 Å². The van der Waals surface area contributed by atoms with Crippen LogP contribution in [-0.2, 0) is 22.8 Å². The van der Waals surface area contributed by atoms with Gasteiger partial charge in [0.25, 0.3) is 0 Å². The van der Waals surface area contributed by atoms with Crippen molar-refractivity contribution in [1.82, 2.24) is 4.31 Å². The van der Waals surface area contributed by atoms with E-state index in [4.69, 9.17) is 19.3 Å². The molecule has 2 heterocycles. The number of hydrogen-bond donors (Lipinski definition) is 1. The van der Waals surface area contributed by atoms with Crippen molar-refractivity contribution in [3.63, 3.8) is 0 Å². The van der Waals surface area contributed by atoms with Crippen LogP contribution < -0.4 is 14.2 Å². The molecular formula is C30H33NO6S. The van der Waals surface area contributed by atoms with Crippen molar-refractivity contribution in [3.05, 3.63) is 76.9 Å². The second-order valence-corrected chi connectivity index (χ2v) is 11.4. The molecule has 3 aromatic carbocycles. The third-order valence-corrected chi connectivity index (χ3v) is 8.25. The Morgan fingerprint density at radius 2 is 1.92 bits per heavy atom. The summed E-state index contributed by atoms with van der Waals surface area (Å²) >= 11 is -0.960. The number of carbonyl (C=O) groups is 1. The lowest BCUT2D eigenvalue weighted by Gasteiger charge is -2.19. The largest absolute Gasteiger partial charge is 0.598 e. The summed E-state index contributed by atoms with van der Waals surface area (Å²) in [5.74, 6) is 1.29. The number of fused-ring (bicyclic) bond motifs is 1. The van der Waals surface area contributed by atoms with E-state index in [1.165, 1.54) is 5.56 Å². The van der Waals surface area contributed by atoms with Crippen molar-refractivity contribution in [1.29, 1.82) is 0 Å². The highest BCUT2D eigenvalue weighted by Gasteiger charge is 2.30. The molecule has 1 saturated heterocycles. The smallest absolute Gasteiger partial charge is 0.304 e. The summed E-state index contributed by atoms with van der Waals surface area (Å²) < 4.78 is 31.7. The molecule has 0 spiro atoms. The van der Waals surface area contributed by atoms with Crippen LogP contribution in [0.5, 0.6) is 17.2 Å². The zero-order valence-corrected chi connectivity index (χ0v) is 22.8. The van der Waals surface area contributed by atoms with Gasteiger partial charge in [0.15, 0.2) is 0 Å². The Hall–Kier alpha value is -3.20. The second kappa shape index (κ2) is 11.3. The standard InChI is InChI=1S/C30H33NO6S/c1-19-11-26(37-25-9-10-31(16-25)38(3)34)12-20(2)30(19)22-6-4-5-21(13-22)17-35-24-7-8-27-23(14-29(32)33)18-36-28(27)15-24/h4-8,11-13,15,23,25H,9-10,14,16-18H2,1-3H3,(H,32,33)/t23-,25+,38?/m1/s1. The number of benzene rings is 3. The fraction of sp³-hybridized carbons (Fsp3) is 0.367. The van der Waals surface area contributed by atoms with Crippen molar-refractivity contribution in [3.8, 4) is 28.4 Å². The zero-order valence-electron chi connectivity index (χ0n) is 21.9. The van der Waals surface area contributed by atoms with Gasteiger partial charge in [-0.3, -0.25) is 4.79 Å². The molecule has 0 aromatic heterocycles. The third kappa shape index (κ3) is 5.93. The average molecular weight is 536 g/mol. The van der Waals surface area contributed by atoms with Crippen LogP contribution in [0.2, 0.25) is 0 Å². The summed E-state index contributed by atoms with van der Waals surface area (Å²) in [6, 6.07) is 18.1. The minimum absolute atomic E-state index is 0.0525. The summed E-state index contributed by atoms with van der Waals surface area (Å²) in [6.45, 7) is 6.47. The molecule has 1 unspecified atom stereocenters. The first-order chi connectivity index (χ1) is 18.3. The van der Waals surface area contributed by atoms with Gasteiger partial charge in [0.05, 0.1) is 19.6 Å². The van der Waals surface area contributed by atoms with Crippen molar-refractivity contribution in [2.24, 2.45) is 0 Å². The van der Waals surface area contributed by atoms with Gasteiger partial charge in [-0.2, -0.15) is 0 Å². The normalized spacial score (nSPS) is 19.6. The number of carboxylic acid groups (broad SMARTS) is 1. The molecule has 1 fully saturated rings. The van der Waals surface area contributed by atoms with Gasteiger partial charge in [-0.15, -0.1) is 4.31 Å². The summed E-state index contributed by atoms with van der Waals surface area (Å²) in [6.07, 6.45) is 2.70. The number of aliphatic carboxylic acids is 1. The summed E-state index contributed by atoms with van der Waals surface area (Å²) in [5.41, 5.74) is 6.54. The first-order valence-corrected chi connectivity index (χ1v) is 14.4. The van der Waals surface area contributed by atoms with E-state index in [1.54, 1.807) is 6.26 Å². The van der Waals surface area contributed by atoms with E-state index in [9.17, 15) is 9.35 Å². The van der Waals surface area contributed by atoms with Gasteiger partial charge in [-0.25, -0.2) is 0 Å². The maximum atomic E-state index is 11.7. The van der Waals surface area contributed by atoms with Crippen LogP contribution in [0.1, 0.15) is 41.0 Å². The quantitative estimate of drug-likeness (QED) is 0.374. The van der Waals surface area contributed by atoms with Gasteiger partial charge < -0.3 is 23.9 Å². The van der Waals surface area contributed by atoms with E-state index in [1.807, 2.05) is 34.6 Å². The molecular weight excluding hydrogens is 502 g/mol. The monoisotopic (exact) mass is 535 g/mol. The van der Waals surface area contributed by atoms with Gasteiger partial charge in [0, 0.05) is 41.9 Å². The van der Waals surface area contributed by atoms with Crippen LogP contribution in [0.25, 0.3) is 11.1 Å². The maximum Gasteiger partial charge on any atom is 0.304 e. The number of rotatable bonds is 9. The van der Waals surface area contributed by atoms with E-state index in [0.717, 1.165) is 46.5 Å². The van der Waals surface area contributed by atoms with Crippen LogP contribution in [0, 0.1) is 13.8 Å². The van der Waals surface area contributed by atoms with E-state index in [2.05, 4.69) is 38.1 Å². The lowest BCUT2D eigenvalue weighted by Crippen LogP contribution is -2.29. The minimum atomic E-state index is -0.960. The molecule has 0 bridgehead atoms. The van der Waals surface area contributed by atoms with Crippen LogP contribution in [0.4, 0.5) is 0 Å². The minimum Gasteiger partial charge on any atom is -0.598 e. The number of carboxylic acids is 1. The molecule has 0 radical (unpaired) electrons. The predicted octanol–water partition coefficient (Wildman–Crippen LogP) is 5.25. The Balaban J connectivity index is 1.25. The van der Waals surface area contributed by atoms with E-state index in [0.29, 0.717) is 31.3 Å². The fourth-order valence-corrected chi connectivity index (χ4v) is 6.12. The molecule has 5 rings (SSSR count). The van der Waals surface area contributed by atoms with Gasteiger partial charge in [0.1, 0.15) is 36.2 Å². The van der Waals surface area contributed by atoms with Crippen LogP contribution in [-0.4, -0.2) is 52.0 Å². The lowest BCUT2D eigenvalue weighted by atomic mass is 9.94. The molecule has 0 amide bonds. The van der Waals surface area contributed by atoms with Crippen LogP contribution >= 0.6 is 0 Å². The SMILES string of the molecule is Cc1cc(O[C@H]2CCN([S+](C)[O-])C2)cc(C)c1-c1cccc(COc2ccc3c(c2)OC[C@H]3CC(=O)O)c1. The van der Waals surface area contributed by atoms with Crippen molar-refractivity contribution >= 4 is 17.3 Å². The number of aryl methyl sites for hydroxylation is 2. The highest BCUT2D eigenvalue weighted by atomic mass is 32.2. The molecule has 38 heavy (non-hydrogen) atoms. The maximum absolute atomic E-state index is 11.7. The molecule has 0 aliphatic carbocycles. The van der Waals surface area contributed by atoms with Gasteiger partial charge in [-0.05, 0) is 65.9 Å². The summed E-state index contributed by atoms with van der Waals surface area (Å²) in [7, 11) is 0.